The standard InChI is InChI=1S/C17H13N3/c1-20-15-7-4-10-18-17(15)16(19-20)14-9-8-12-5-2-3-6-13(12)11-14/h2-11H,1H3. The molecule has 0 bridgehead atoms. The van der Waals surface area contributed by atoms with E-state index in [0.717, 1.165) is 22.3 Å². The third-order valence-corrected chi connectivity index (χ3v) is 3.63. The molecule has 3 heteroatoms. The molecule has 96 valence electrons. The van der Waals surface area contributed by atoms with E-state index in [2.05, 4.69) is 52.5 Å². The lowest BCUT2D eigenvalue weighted by molar-refractivity contribution is 0.800. The van der Waals surface area contributed by atoms with Crippen molar-refractivity contribution < 1.29 is 0 Å². The van der Waals surface area contributed by atoms with E-state index in [-0.39, 0.29) is 0 Å². The van der Waals surface area contributed by atoms with Crippen LogP contribution in [0.1, 0.15) is 0 Å². The smallest absolute Gasteiger partial charge is 0.119 e. The number of pyridine rings is 1. The normalized spacial score (nSPS) is 11.2. The lowest BCUT2D eigenvalue weighted by Gasteiger charge is -2.01. The Kier molecular flexibility index (Phi) is 2.33. The highest BCUT2D eigenvalue weighted by molar-refractivity contribution is 5.94. The summed E-state index contributed by atoms with van der Waals surface area (Å²) in [6.45, 7) is 0. The number of aromatic nitrogens is 3. The lowest BCUT2D eigenvalue weighted by Crippen LogP contribution is -1.89. The van der Waals surface area contributed by atoms with E-state index < -0.39 is 0 Å². The van der Waals surface area contributed by atoms with Gasteiger partial charge in [0, 0.05) is 18.8 Å². The van der Waals surface area contributed by atoms with Crippen molar-refractivity contribution in [1.82, 2.24) is 14.8 Å². The van der Waals surface area contributed by atoms with E-state index in [1.807, 2.05) is 30.1 Å². The van der Waals surface area contributed by atoms with Crippen LogP contribution in [0.5, 0.6) is 0 Å². The molecule has 0 amide bonds. The quantitative estimate of drug-likeness (QED) is 0.520. The molecule has 2 heterocycles. The lowest BCUT2D eigenvalue weighted by atomic mass is 10.0. The summed E-state index contributed by atoms with van der Waals surface area (Å²) >= 11 is 0. The van der Waals surface area contributed by atoms with Crippen molar-refractivity contribution in [3.8, 4) is 11.3 Å². The Hall–Kier alpha value is -2.68. The summed E-state index contributed by atoms with van der Waals surface area (Å²) < 4.78 is 1.88. The molecule has 4 rings (SSSR count). The van der Waals surface area contributed by atoms with Crippen LogP contribution in [0.25, 0.3) is 33.1 Å². The van der Waals surface area contributed by atoms with Gasteiger partial charge in [0.2, 0.25) is 0 Å². The van der Waals surface area contributed by atoms with Crippen LogP contribution in [0.3, 0.4) is 0 Å². The number of benzene rings is 2. The highest BCUT2D eigenvalue weighted by Crippen LogP contribution is 2.28. The van der Waals surface area contributed by atoms with Crippen LogP contribution in [-0.4, -0.2) is 14.8 Å². The molecule has 0 aliphatic rings. The molecule has 2 aromatic carbocycles. The first-order chi connectivity index (χ1) is 9.83. The Labute approximate surface area is 116 Å². The summed E-state index contributed by atoms with van der Waals surface area (Å²) in [6.07, 6.45) is 1.81. The summed E-state index contributed by atoms with van der Waals surface area (Å²) in [5.74, 6) is 0. The number of hydrogen-bond acceptors (Lipinski definition) is 2. The molecule has 0 N–H and O–H groups in total. The van der Waals surface area contributed by atoms with E-state index in [0.29, 0.717) is 0 Å². The molecule has 0 spiro atoms. The fraction of sp³-hybridized carbons (Fsp3) is 0.0588. The Balaban J connectivity index is 2.01. The summed E-state index contributed by atoms with van der Waals surface area (Å²) in [5, 5.41) is 7.08. The van der Waals surface area contributed by atoms with E-state index in [4.69, 9.17) is 0 Å². The van der Waals surface area contributed by atoms with Gasteiger partial charge in [0.05, 0.1) is 5.52 Å². The summed E-state index contributed by atoms with van der Waals surface area (Å²) in [5.41, 5.74) is 4.04. The third-order valence-electron chi connectivity index (χ3n) is 3.63. The first-order valence-electron chi connectivity index (χ1n) is 6.60. The molecule has 20 heavy (non-hydrogen) atoms. The zero-order chi connectivity index (χ0) is 13.5. The molecule has 0 aliphatic carbocycles. The van der Waals surface area contributed by atoms with Crippen molar-refractivity contribution in [2.24, 2.45) is 7.05 Å². The molecule has 2 aromatic heterocycles. The van der Waals surface area contributed by atoms with Crippen molar-refractivity contribution in [2.45, 2.75) is 0 Å². The van der Waals surface area contributed by atoms with Crippen molar-refractivity contribution in [3.63, 3.8) is 0 Å². The van der Waals surface area contributed by atoms with Gasteiger partial charge in [-0.25, -0.2) is 0 Å². The Morgan fingerprint density at radius 1 is 0.900 bits per heavy atom. The van der Waals surface area contributed by atoms with Crippen LogP contribution >= 0.6 is 0 Å². The summed E-state index contributed by atoms with van der Waals surface area (Å²) in [7, 11) is 1.95. The maximum atomic E-state index is 4.62. The van der Waals surface area contributed by atoms with Gasteiger partial charge in [-0.15, -0.1) is 0 Å². The Morgan fingerprint density at radius 3 is 2.65 bits per heavy atom. The molecule has 3 nitrogen and oxygen atoms in total. The second kappa shape index (κ2) is 4.17. The number of fused-ring (bicyclic) bond motifs is 2. The predicted molar refractivity (Wildman–Crippen MR) is 81.5 cm³/mol. The summed E-state index contributed by atoms with van der Waals surface area (Å²) in [6, 6.07) is 18.7. The number of rotatable bonds is 1. The molecule has 0 radical (unpaired) electrons. The number of nitrogens with zero attached hydrogens (tertiary/aromatic N) is 3. The third kappa shape index (κ3) is 1.60. The van der Waals surface area contributed by atoms with Gasteiger partial charge in [-0.3, -0.25) is 9.67 Å². The minimum Gasteiger partial charge on any atom is -0.266 e. The van der Waals surface area contributed by atoms with Gasteiger partial charge in [0.1, 0.15) is 11.2 Å². The summed E-state index contributed by atoms with van der Waals surface area (Å²) in [4.78, 5) is 4.48. The highest BCUT2D eigenvalue weighted by Gasteiger charge is 2.11. The molecule has 0 saturated heterocycles. The van der Waals surface area contributed by atoms with Gasteiger partial charge in [-0.2, -0.15) is 5.10 Å². The van der Waals surface area contributed by atoms with Gasteiger partial charge in [0.15, 0.2) is 0 Å². The maximum absolute atomic E-state index is 4.62. The van der Waals surface area contributed by atoms with Crippen molar-refractivity contribution in [3.05, 3.63) is 60.8 Å². The van der Waals surface area contributed by atoms with Crippen LogP contribution in [0.2, 0.25) is 0 Å². The molecular weight excluding hydrogens is 246 g/mol. The molecule has 0 unspecified atom stereocenters. The zero-order valence-corrected chi connectivity index (χ0v) is 11.1. The van der Waals surface area contributed by atoms with E-state index in [1.54, 1.807) is 0 Å². The van der Waals surface area contributed by atoms with Gasteiger partial charge in [-0.05, 0) is 29.0 Å². The maximum Gasteiger partial charge on any atom is 0.119 e. The SMILES string of the molecule is Cn1nc(-c2ccc3ccccc3c2)c2ncccc21. The first-order valence-corrected chi connectivity index (χ1v) is 6.60. The van der Waals surface area contributed by atoms with E-state index >= 15 is 0 Å². The van der Waals surface area contributed by atoms with Crippen LogP contribution in [0, 0.1) is 0 Å². The van der Waals surface area contributed by atoms with Crippen molar-refractivity contribution in [1.29, 1.82) is 0 Å². The van der Waals surface area contributed by atoms with Crippen LogP contribution in [0.15, 0.2) is 60.8 Å². The first kappa shape index (κ1) is 11.2. The van der Waals surface area contributed by atoms with Gasteiger partial charge in [0.25, 0.3) is 0 Å². The molecule has 4 aromatic rings. The predicted octanol–water partition coefficient (Wildman–Crippen LogP) is 3.79. The monoisotopic (exact) mass is 259 g/mol. The van der Waals surface area contributed by atoms with Gasteiger partial charge in [-0.1, -0.05) is 36.4 Å². The van der Waals surface area contributed by atoms with Crippen LogP contribution < -0.4 is 0 Å². The van der Waals surface area contributed by atoms with Crippen molar-refractivity contribution >= 4 is 21.8 Å². The van der Waals surface area contributed by atoms with E-state index in [9.17, 15) is 0 Å². The number of aryl methyl sites for hydroxylation is 1. The minimum absolute atomic E-state index is 0.939. The second-order valence-corrected chi connectivity index (χ2v) is 4.91. The highest BCUT2D eigenvalue weighted by atomic mass is 15.3. The fourth-order valence-corrected chi connectivity index (χ4v) is 2.62. The fourth-order valence-electron chi connectivity index (χ4n) is 2.62. The van der Waals surface area contributed by atoms with Crippen molar-refractivity contribution in [2.75, 3.05) is 0 Å². The van der Waals surface area contributed by atoms with Gasteiger partial charge < -0.3 is 0 Å². The molecule has 0 atom stereocenters. The Bertz CT molecular complexity index is 922. The zero-order valence-electron chi connectivity index (χ0n) is 11.1. The largest absolute Gasteiger partial charge is 0.266 e. The number of hydrogen-bond donors (Lipinski definition) is 0. The molecule has 0 saturated carbocycles. The average molecular weight is 259 g/mol. The Morgan fingerprint density at radius 2 is 1.75 bits per heavy atom. The molecular formula is C17H13N3. The van der Waals surface area contributed by atoms with Crippen LogP contribution in [-0.2, 0) is 7.05 Å². The molecule has 0 fully saturated rings. The topological polar surface area (TPSA) is 30.7 Å². The van der Waals surface area contributed by atoms with Gasteiger partial charge >= 0.3 is 0 Å². The van der Waals surface area contributed by atoms with Crippen LogP contribution in [0.4, 0.5) is 0 Å². The average Bonchev–Trinajstić information content (AvgIpc) is 2.85. The van der Waals surface area contributed by atoms with E-state index in [1.165, 1.54) is 10.8 Å². The molecule has 0 aliphatic heterocycles. The second-order valence-electron chi connectivity index (χ2n) is 4.91. The minimum atomic E-state index is 0.939.